The maximum atomic E-state index is 13.8. The van der Waals surface area contributed by atoms with Gasteiger partial charge in [0.1, 0.15) is 11.9 Å². The van der Waals surface area contributed by atoms with Crippen LogP contribution < -0.4 is 10.2 Å². The van der Waals surface area contributed by atoms with Crippen LogP contribution in [0.2, 0.25) is 0 Å². The van der Waals surface area contributed by atoms with Crippen LogP contribution in [0.3, 0.4) is 0 Å². The van der Waals surface area contributed by atoms with Gasteiger partial charge in [-0.3, -0.25) is 4.79 Å². The molecule has 1 aliphatic carbocycles. The minimum absolute atomic E-state index is 0.0115. The first-order chi connectivity index (χ1) is 17.8. The van der Waals surface area contributed by atoms with Crippen LogP contribution in [-0.4, -0.2) is 48.9 Å². The number of carbonyl (C=O) groups is 3. The molecule has 0 bridgehead atoms. The smallest absolute Gasteiger partial charge is 0.338 e. The van der Waals surface area contributed by atoms with Gasteiger partial charge in [-0.2, -0.15) is 18.4 Å². The van der Waals surface area contributed by atoms with E-state index in [1.54, 1.807) is 6.92 Å². The van der Waals surface area contributed by atoms with E-state index in [4.69, 9.17) is 0 Å². The second-order valence-corrected chi connectivity index (χ2v) is 10.5. The topological polar surface area (TPSA) is 141 Å². The summed E-state index contributed by atoms with van der Waals surface area (Å²) < 4.78 is 65.6. The number of alkyl halides is 3. The number of imide groups is 1. The number of anilines is 1. The minimum atomic E-state index is -4.76. The van der Waals surface area contributed by atoms with E-state index in [2.05, 4.69) is 10.3 Å². The number of hydrogen-bond acceptors (Lipinski definition) is 7. The summed E-state index contributed by atoms with van der Waals surface area (Å²) in [5, 5.41) is 11.7. The Hall–Kier alpha value is -4.25. The molecule has 0 saturated carbocycles. The number of aromatic nitrogens is 1. The molecule has 2 aromatic rings. The number of halogens is 3. The summed E-state index contributed by atoms with van der Waals surface area (Å²) in [6.07, 6.45) is -3.21. The lowest BCUT2D eigenvalue weighted by Gasteiger charge is -2.40. The van der Waals surface area contributed by atoms with Crippen LogP contribution >= 0.6 is 0 Å². The second kappa shape index (κ2) is 9.56. The molecule has 38 heavy (non-hydrogen) atoms. The van der Waals surface area contributed by atoms with E-state index in [-0.39, 0.29) is 46.7 Å². The Kier molecular flexibility index (Phi) is 6.75. The fraction of sp³-hybridized carbons (Fsp3) is 0.292. The third kappa shape index (κ3) is 4.60. The molecule has 4 amide bonds. The number of carbonyl (C=O) groups excluding carboxylic acids is 3. The van der Waals surface area contributed by atoms with Crippen molar-refractivity contribution in [2.24, 2.45) is 0 Å². The fourth-order valence-electron chi connectivity index (χ4n) is 4.51. The first-order valence-electron chi connectivity index (χ1n) is 11.2. The number of allylic oxidation sites excluding steroid dienone is 1. The van der Waals surface area contributed by atoms with Gasteiger partial charge in [0, 0.05) is 36.7 Å². The predicted molar refractivity (Wildman–Crippen MR) is 126 cm³/mol. The quantitative estimate of drug-likeness (QED) is 0.615. The number of nitrogens with zero attached hydrogens (tertiary/aromatic N) is 4. The zero-order valence-corrected chi connectivity index (χ0v) is 20.9. The largest absolute Gasteiger partial charge is 0.416 e. The molecule has 4 rings (SSSR count). The number of pyridine rings is 1. The zero-order valence-electron chi connectivity index (χ0n) is 20.0. The van der Waals surface area contributed by atoms with Gasteiger partial charge in [0.15, 0.2) is 15.6 Å². The summed E-state index contributed by atoms with van der Waals surface area (Å²) in [6, 6.07) is 3.13. The van der Waals surface area contributed by atoms with Gasteiger partial charge >= 0.3 is 18.2 Å². The Balaban J connectivity index is 2.03. The Bertz CT molecular complexity index is 1550. The molecule has 0 unspecified atom stereocenters. The van der Waals surface area contributed by atoms with Gasteiger partial charge in [-0.25, -0.2) is 32.8 Å². The van der Waals surface area contributed by atoms with Gasteiger partial charge in [-0.15, -0.1) is 0 Å². The minimum Gasteiger partial charge on any atom is -0.338 e. The molecule has 198 valence electrons. The maximum absolute atomic E-state index is 13.8. The number of nitrogens with one attached hydrogen (secondary N) is 1. The van der Waals surface area contributed by atoms with Gasteiger partial charge in [-0.05, 0) is 43.2 Å². The maximum Gasteiger partial charge on any atom is 0.416 e. The Morgan fingerprint density at radius 1 is 1.21 bits per heavy atom. The van der Waals surface area contributed by atoms with Gasteiger partial charge < -0.3 is 5.32 Å². The SMILES string of the molecule is CCNC(=O)N1C(=O)N(c2cc(C(F)(F)F)ccn2)C2=C(C(=O)CC2)[C@H]1c1ccc(C#N)cc1S(C)(=O)=O. The molecule has 14 heteroatoms. The number of rotatable bonds is 4. The van der Waals surface area contributed by atoms with Crippen LogP contribution in [0.1, 0.15) is 42.5 Å². The lowest BCUT2D eigenvalue weighted by molar-refractivity contribution is -0.137. The van der Waals surface area contributed by atoms with Crippen molar-refractivity contribution >= 4 is 33.5 Å². The van der Waals surface area contributed by atoms with Crippen LogP contribution in [-0.2, 0) is 20.8 Å². The summed E-state index contributed by atoms with van der Waals surface area (Å²) in [4.78, 5) is 45.1. The molecule has 0 saturated heterocycles. The molecule has 0 spiro atoms. The Labute approximate surface area is 215 Å². The van der Waals surface area contributed by atoms with Crippen LogP contribution in [0.4, 0.5) is 28.6 Å². The molecule has 1 atom stereocenters. The molecule has 1 aromatic heterocycles. The van der Waals surface area contributed by atoms with Crippen LogP contribution in [0, 0.1) is 11.3 Å². The number of urea groups is 2. The van der Waals surface area contributed by atoms with Crippen LogP contribution in [0.25, 0.3) is 0 Å². The van der Waals surface area contributed by atoms with Gasteiger partial charge in [0.05, 0.1) is 22.1 Å². The standard InChI is InChI=1S/C24H20F3N5O5S/c1-3-29-22(34)32-21(15-5-4-13(12-28)10-18(15)38(2,36)37)20-16(6-7-17(20)33)31(23(32)35)19-11-14(8-9-30-19)24(25,26)27/h4-5,8-11,21H,3,6-7H2,1-2H3,(H,29,34)/t21-/m1/s1. The van der Waals surface area contributed by atoms with Gasteiger partial charge in [0.25, 0.3) is 0 Å². The molecule has 10 nitrogen and oxygen atoms in total. The molecule has 1 aromatic carbocycles. The average molecular weight is 548 g/mol. The highest BCUT2D eigenvalue weighted by Crippen LogP contribution is 2.46. The monoisotopic (exact) mass is 547 g/mol. The molecule has 0 fully saturated rings. The van der Waals surface area contributed by atoms with Crippen molar-refractivity contribution < 1.29 is 36.0 Å². The highest BCUT2D eigenvalue weighted by Gasteiger charge is 2.50. The highest BCUT2D eigenvalue weighted by atomic mass is 32.2. The number of Topliss-reactive ketones (excluding diaryl/α,β-unsaturated/α-hetero) is 1. The molecular formula is C24H20F3N5O5S. The number of ketones is 1. The van der Waals surface area contributed by atoms with Crippen molar-refractivity contribution in [2.75, 3.05) is 17.7 Å². The summed E-state index contributed by atoms with van der Waals surface area (Å²) in [5.41, 5.74) is -1.32. The number of benzene rings is 1. The normalized spacial score (nSPS) is 17.9. The molecule has 2 heterocycles. The first-order valence-corrected chi connectivity index (χ1v) is 13.1. The van der Waals surface area contributed by atoms with Crippen molar-refractivity contribution in [1.29, 1.82) is 5.26 Å². The Morgan fingerprint density at radius 3 is 2.53 bits per heavy atom. The van der Waals surface area contributed by atoms with Crippen molar-refractivity contribution in [3.05, 3.63) is 64.5 Å². The van der Waals surface area contributed by atoms with Gasteiger partial charge in [-0.1, -0.05) is 6.07 Å². The molecular weight excluding hydrogens is 527 g/mol. The first kappa shape index (κ1) is 26.8. The van der Waals surface area contributed by atoms with E-state index in [1.807, 2.05) is 6.07 Å². The van der Waals surface area contributed by atoms with Crippen molar-refractivity contribution in [3.63, 3.8) is 0 Å². The van der Waals surface area contributed by atoms with Crippen LogP contribution in [0.15, 0.2) is 52.7 Å². The van der Waals surface area contributed by atoms with E-state index in [0.717, 1.165) is 23.4 Å². The molecule has 1 N–H and O–H groups in total. The van der Waals surface area contributed by atoms with E-state index in [9.17, 15) is 41.2 Å². The summed E-state index contributed by atoms with van der Waals surface area (Å²) in [6.45, 7) is 1.60. The predicted octanol–water partition coefficient (Wildman–Crippen LogP) is 3.71. The third-order valence-electron chi connectivity index (χ3n) is 6.08. The Morgan fingerprint density at radius 2 is 1.92 bits per heavy atom. The van der Waals surface area contributed by atoms with Gasteiger partial charge in [0.2, 0.25) is 0 Å². The molecule has 0 radical (unpaired) electrons. The van der Waals surface area contributed by atoms with Crippen molar-refractivity contribution in [1.82, 2.24) is 15.2 Å². The van der Waals surface area contributed by atoms with E-state index < -0.39 is 51.3 Å². The van der Waals surface area contributed by atoms with Crippen molar-refractivity contribution in [2.45, 2.75) is 36.9 Å². The van der Waals surface area contributed by atoms with E-state index >= 15 is 0 Å². The van der Waals surface area contributed by atoms with E-state index in [1.165, 1.54) is 12.1 Å². The van der Waals surface area contributed by atoms with Crippen LogP contribution in [0.5, 0.6) is 0 Å². The number of nitriles is 1. The fourth-order valence-corrected chi connectivity index (χ4v) is 5.46. The number of hydrogen-bond donors (Lipinski definition) is 1. The lowest BCUT2D eigenvalue weighted by atomic mass is 9.92. The molecule has 1 aliphatic heterocycles. The zero-order chi connectivity index (χ0) is 28.0. The molecule has 2 aliphatic rings. The summed E-state index contributed by atoms with van der Waals surface area (Å²) >= 11 is 0. The lowest BCUT2D eigenvalue weighted by Crippen LogP contribution is -2.55. The van der Waals surface area contributed by atoms with Crippen molar-refractivity contribution in [3.8, 4) is 6.07 Å². The average Bonchev–Trinajstić information content (AvgIpc) is 3.22. The van der Waals surface area contributed by atoms with E-state index in [0.29, 0.717) is 17.0 Å². The second-order valence-electron chi connectivity index (χ2n) is 8.55. The number of sulfone groups is 1. The number of amides is 4. The summed E-state index contributed by atoms with van der Waals surface area (Å²) in [7, 11) is -4.03. The third-order valence-corrected chi connectivity index (χ3v) is 7.24. The summed E-state index contributed by atoms with van der Waals surface area (Å²) in [5.74, 6) is -0.976. The highest BCUT2D eigenvalue weighted by molar-refractivity contribution is 7.90.